The monoisotopic (exact) mass is 449 g/mol. The number of carbonyl (C=O) groups excluding carboxylic acids is 2. The molecule has 10 heteroatoms. The minimum Gasteiger partial charge on any atom is -0.460 e. The van der Waals surface area contributed by atoms with Gasteiger partial charge in [0.1, 0.15) is 6.61 Å². The van der Waals surface area contributed by atoms with Crippen LogP contribution in [0.25, 0.3) is 0 Å². The molecule has 2 amide bonds. The van der Waals surface area contributed by atoms with Gasteiger partial charge in [-0.15, -0.1) is 0 Å². The first-order valence-electron chi connectivity index (χ1n) is 9.44. The summed E-state index contributed by atoms with van der Waals surface area (Å²) < 4.78 is 41.9. The van der Waals surface area contributed by atoms with Gasteiger partial charge in [0, 0.05) is 12.3 Å². The van der Waals surface area contributed by atoms with Crippen LogP contribution in [0.5, 0.6) is 0 Å². The summed E-state index contributed by atoms with van der Waals surface area (Å²) in [4.78, 5) is 24.2. The van der Waals surface area contributed by atoms with Crippen molar-refractivity contribution in [2.45, 2.75) is 11.8 Å². The van der Waals surface area contributed by atoms with Gasteiger partial charge in [0.25, 0.3) is 10.0 Å². The smallest absolute Gasteiger partial charge is 0.338 e. The lowest BCUT2D eigenvalue weighted by Gasteiger charge is -2.10. The Hall–Kier alpha value is -2.95. The molecule has 0 aliphatic carbocycles. The maximum Gasteiger partial charge on any atom is 0.338 e. The summed E-state index contributed by atoms with van der Waals surface area (Å²) in [6.45, 7) is 6.67. The predicted molar refractivity (Wildman–Crippen MR) is 114 cm³/mol. The van der Waals surface area contributed by atoms with Gasteiger partial charge in [0.2, 0.25) is 0 Å². The molecule has 0 saturated heterocycles. The van der Waals surface area contributed by atoms with Crippen LogP contribution in [0.2, 0.25) is 0 Å². The molecule has 0 aliphatic rings. The summed E-state index contributed by atoms with van der Waals surface area (Å²) in [6, 6.07) is 11.1. The van der Waals surface area contributed by atoms with Crippen LogP contribution in [0.3, 0.4) is 0 Å². The molecule has 2 rings (SSSR count). The van der Waals surface area contributed by atoms with Crippen LogP contribution in [0.1, 0.15) is 15.9 Å². The van der Waals surface area contributed by atoms with E-state index in [4.69, 9.17) is 14.2 Å². The van der Waals surface area contributed by atoms with Gasteiger partial charge < -0.3 is 19.5 Å². The molecule has 0 unspecified atom stereocenters. The van der Waals surface area contributed by atoms with Gasteiger partial charge in [-0.2, -0.15) is 0 Å². The van der Waals surface area contributed by atoms with Crippen molar-refractivity contribution in [3.63, 3.8) is 0 Å². The SMILES string of the molecule is [CH2]COCCOCCOC(=O)c1cccc(NC(=O)NS(=O)(=O)c2cccc(C)c2)c1. The highest BCUT2D eigenvalue weighted by Gasteiger charge is 2.18. The van der Waals surface area contributed by atoms with Gasteiger partial charge in [-0.25, -0.2) is 22.7 Å². The van der Waals surface area contributed by atoms with Crippen molar-refractivity contribution in [2.75, 3.05) is 38.4 Å². The van der Waals surface area contributed by atoms with Gasteiger partial charge in [0.15, 0.2) is 0 Å². The highest BCUT2D eigenvalue weighted by atomic mass is 32.2. The molecule has 0 bridgehead atoms. The van der Waals surface area contributed by atoms with Crippen molar-refractivity contribution in [1.29, 1.82) is 0 Å². The van der Waals surface area contributed by atoms with Gasteiger partial charge in [-0.3, -0.25) is 0 Å². The topological polar surface area (TPSA) is 120 Å². The summed E-state index contributed by atoms with van der Waals surface area (Å²) in [7, 11) is -4.03. The standard InChI is InChI=1S/C21H25N2O7S/c1-3-28-10-11-29-12-13-30-20(24)17-7-5-8-18(15-17)22-21(25)23-31(26,27)19-9-4-6-16(2)14-19/h4-9,14-15H,1,3,10-13H2,2H3,(H2,22,23,25). The lowest BCUT2D eigenvalue weighted by molar-refractivity contribution is 0.0179. The zero-order valence-electron chi connectivity index (χ0n) is 17.1. The van der Waals surface area contributed by atoms with Crippen LogP contribution in [0, 0.1) is 13.8 Å². The molecule has 31 heavy (non-hydrogen) atoms. The zero-order valence-corrected chi connectivity index (χ0v) is 17.9. The van der Waals surface area contributed by atoms with E-state index in [9.17, 15) is 18.0 Å². The summed E-state index contributed by atoms with van der Waals surface area (Å²) in [6.07, 6.45) is 0. The quantitative estimate of drug-likeness (QED) is 0.399. The predicted octanol–water partition coefficient (Wildman–Crippen LogP) is 2.53. The van der Waals surface area contributed by atoms with E-state index in [1.807, 2.05) is 4.72 Å². The number of sulfonamides is 1. The molecule has 9 nitrogen and oxygen atoms in total. The normalized spacial score (nSPS) is 11.0. The van der Waals surface area contributed by atoms with Gasteiger partial charge >= 0.3 is 12.0 Å². The van der Waals surface area contributed by atoms with Gasteiger partial charge in [-0.1, -0.05) is 18.2 Å². The number of benzene rings is 2. The van der Waals surface area contributed by atoms with E-state index in [1.165, 1.54) is 36.4 Å². The first-order valence-corrected chi connectivity index (χ1v) is 10.9. The van der Waals surface area contributed by atoms with Crippen molar-refractivity contribution >= 4 is 27.7 Å². The van der Waals surface area contributed by atoms with E-state index < -0.39 is 22.0 Å². The number of carbonyl (C=O) groups is 2. The van der Waals surface area contributed by atoms with Crippen molar-refractivity contribution in [2.24, 2.45) is 0 Å². The van der Waals surface area contributed by atoms with Crippen LogP contribution in [-0.4, -0.2) is 53.5 Å². The molecule has 2 N–H and O–H groups in total. The van der Waals surface area contributed by atoms with Crippen LogP contribution in [-0.2, 0) is 24.2 Å². The third-order valence-electron chi connectivity index (χ3n) is 3.86. The maximum atomic E-state index is 12.3. The molecule has 0 heterocycles. The van der Waals surface area contributed by atoms with Crippen LogP contribution < -0.4 is 10.0 Å². The average Bonchev–Trinajstić information content (AvgIpc) is 2.72. The summed E-state index contributed by atoms with van der Waals surface area (Å²) in [5.41, 5.74) is 1.17. The zero-order chi connectivity index (χ0) is 22.7. The van der Waals surface area contributed by atoms with E-state index in [0.29, 0.717) is 19.8 Å². The fourth-order valence-electron chi connectivity index (χ4n) is 2.44. The van der Waals surface area contributed by atoms with E-state index in [-0.39, 0.29) is 29.4 Å². The Labute approximate surface area is 181 Å². The molecule has 167 valence electrons. The number of aryl methyl sites for hydroxylation is 1. The first kappa shape index (κ1) is 24.3. The average molecular weight is 450 g/mol. The number of amides is 2. The lowest BCUT2D eigenvalue weighted by atomic mass is 10.2. The molecule has 2 aromatic rings. The second kappa shape index (κ2) is 12.0. The number of urea groups is 1. The Morgan fingerprint density at radius 3 is 2.42 bits per heavy atom. The number of hydrogen-bond donors (Lipinski definition) is 2. The van der Waals surface area contributed by atoms with Crippen LogP contribution >= 0.6 is 0 Å². The molecule has 0 aliphatic heterocycles. The number of ether oxygens (including phenoxy) is 3. The molecular formula is C21H25N2O7S. The highest BCUT2D eigenvalue weighted by Crippen LogP contribution is 2.13. The van der Waals surface area contributed by atoms with Crippen LogP contribution in [0.15, 0.2) is 53.4 Å². The van der Waals surface area contributed by atoms with Gasteiger partial charge in [-0.05, 0) is 49.7 Å². The fourth-order valence-corrected chi connectivity index (χ4v) is 3.45. The molecule has 0 fully saturated rings. The molecule has 1 radical (unpaired) electrons. The largest absolute Gasteiger partial charge is 0.460 e. The highest BCUT2D eigenvalue weighted by molar-refractivity contribution is 7.90. The lowest BCUT2D eigenvalue weighted by Crippen LogP contribution is -2.34. The summed E-state index contributed by atoms with van der Waals surface area (Å²) in [5.74, 6) is -0.603. The Balaban J connectivity index is 1.87. The molecule has 0 saturated carbocycles. The molecular weight excluding hydrogens is 424 g/mol. The molecule has 2 aromatic carbocycles. The second-order valence-corrected chi connectivity index (χ2v) is 8.00. The van der Waals surface area contributed by atoms with Crippen molar-refractivity contribution < 1.29 is 32.2 Å². The summed E-state index contributed by atoms with van der Waals surface area (Å²) in [5, 5.41) is 2.39. The fraction of sp³-hybridized carbons (Fsp3) is 0.286. The van der Waals surface area contributed by atoms with Gasteiger partial charge in [0.05, 0.1) is 30.3 Å². The Morgan fingerprint density at radius 2 is 1.68 bits per heavy atom. The van der Waals surface area contributed by atoms with Crippen molar-refractivity contribution in [3.05, 3.63) is 66.6 Å². The number of esters is 1. The third kappa shape index (κ3) is 8.36. The maximum absolute atomic E-state index is 12.3. The number of nitrogens with one attached hydrogen (secondary N) is 2. The van der Waals surface area contributed by atoms with E-state index in [0.717, 1.165) is 5.56 Å². The van der Waals surface area contributed by atoms with E-state index >= 15 is 0 Å². The number of anilines is 1. The Morgan fingerprint density at radius 1 is 0.968 bits per heavy atom. The Bertz CT molecular complexity index is 993. The Kier molecular flexibility index (Phi) is 9.44. The number of hydrogen-bond acceptors (Lipinski definition) is 7. The molecule has 0 spiro atoms. The third-order valence-corrected chi connectivity index (χ3v) is 5.19. The van der Waals surface area contributed by atoms with Crippen molar-refractivity contribution in [3.8, 4) is 0 Å². The second-order valence-electron chi connectivity index (χ2n) is 6.32. The van der Waals surface area contributed by atoms with Crippen LogP contribution in [0.4, 0.5) is 10.5 Å². The first-order chi connectivity index (χ1) is 14.8. The molecule has 0 aromatic heterocycles. The molecule has 0 atom stereocenters. The number of rotatable bonds is 11. The van der Waals surface area contributed by atoms with Crippen molar-refractivity contribution in [1.82, 2.24) is 4.72 Å². The summed E-state index contributed by atoms with van der Waals surface area (Å²) >= 11 is 0. The minimum atomic E-state index is -4.03. The van der Waals surface area contributed by atoms with E-state index in [2.05, 4.69) is 12.2 Å². The minimum absolute atomic E-state index is 0.0277. The van der Waals surface area contributed by atoms with E-state index in [1.54, 1.807) is 19.1 Å².